The molecule has 1 atom stereocenters. The zero-order valence-corrected chi connectivity index (χ0v) is 13.5. The van der Waals surface area contributed by atoms with Crippen molar-refractivity contribution in [2.45, 2.75) is 18.9 Å². The fraction of sp³-hybridized carbons (Fsp3) is 0.250. The Kier molecular flexibility index (Phi) is 4.20. The summed E-state index contributed by atoms with van der Waals surface area (Å²) in [6.07, 6.45) is 1.32. The molecule has 0 bridgehead atoms. The van der Waals surface area contributed by atoms with E-state index < -0.39 is 6.04 Å². The molecule has 2 aromatic carbocycles. The maximum Gasteiger partial charge on any atom is 0.129 e. The Morgan fingerprint density at radius 2 is 2.19 bits per heavy atom. The number of hydrogen-bond acceptors (Lipinski definition) is 2. The monoisotopic (exact) mass is 369 g/mol. The summed E-state index contributed by atoms with van der Waals surface area (Å²) in [4.78, 5) is 0. The lowest BCUT2D eigenvalue weighted by atomic mass is 9.97. The molecule has 0 spiro atoms. The third-order valence-corrected chi connectivity index (χ3v) is 4.55. The predicted octanol–water partition coefficient (Wildman–Crippen LogP) is 4.42. The van der Waals surface area contributed by atoms with Gasteiger partial charge in [-0.15, -0.1) is 0 Å². The number of benzene rings is 2. The molecule has 0 aromatic heterocycles. The first-order valence-corrected chi connectivity index (χ1v) is 7.87. The van der Waals surface area contributed by atoms with E-state index in [9.17, 15) is 4.39 Å². The van der Waals surface area contributed by atoms with Crippen LogP contribution in [0.2, 0.25) is 5.02 Å². The highest BCUT2D eigenvalue weighted by Crippen LogP contribution is 2.36. The van der Waals surface area contributed by atoms with Crippen LogP contribution < -0.4 is 10.5 Å². The zero-order valence-electron chi connectivity index (χ0n) is 11.2. The summed E-state index contributed by atoms with van der Waals surface area (Å²) < 4.78 is 20.3. The van der Waals surface area contributed by atoms with Gasteiger partial charge < -0.3 is 10.5 Å². The van der Waals surface area contributed by atoms with Crippen molar-refractivity contribution in [2.75, 3.05) is 6.61 Å². The van der Waals surface area contributed by atoms with Gasteiger partial charge in [0.1, 0.15) is 11.6 Å². The molecule has 0 aliphatic carbocycles. The second-order valence-corrected chi connectivity index (χ2v) is 6.39. The summed E-state index contributed by atoms with van der Waals surface area (Å²) in [6, 6.07) is 8.15. The minimum Gasteiger partial charge on any atom is -0.493 e. The van der Waals surface area contributed by atoms with E-state index in [0.29, 0.717) is 28.1 Å². The quantitative estimate of drug-likeness (QED) is 0.868. The van der Waals surface area contributed by atoms with Crippen LogP contribution in [0.3, 0.4) is 0 Å². The van der Waals surface area contributed by atoms with Gasteiger partial charge in [-0.25, -0.2) is 4.39 Å². The third-order valence-electron chi connectivity index (χ3n) is 3.64. The predicted molar refractivity (Wildman–Crippen MR) is 85.4 cm³/mol. The van der Waals surface area contributed by atoms with Crippen molar-refractivity contribution in [3.63, 3.8) is 0 Å². The van der Waals surface area contributed by atoms with Gasteiger partial charge in [0.2, 0.25) is 0 Å². The lowest BCUT2D eigenvalue weighted by Crippen LogP contribution is -2.16. The molecule has 0 saturated heterocycles. The van der Waals surface area contributed by atoms with Gasteiger partial charge in [0.05, 0.1) is 6.61 Å². The van der Waals surface area contributed by atoms with Crippen LogP contribution in [0.5, 0.6) is 5.75 Å². The van der Waals surface area contributed by atoms with Crippen molar-refractivity contribution in [1.29, 1.82) is 0 Å². The molecule has 0 amide bonds. The van der Waals surface area contributed by atoms with Gasteiger partial charge in [0.15, 0.2) is 0 Å². The Morgan fingerprint density at radius 3 is 2.95 bits per heavy atom. The maximum absolute atomic E-state index is 14.0. The largest absolute Gasteiger partial charge is 0.493 e. The normalized spacial score (nSPS) is 14.7. The van der Waals surface area contributed by atoms with E-state index in [0.717, 1.165) is 23.3 Å². The molecule has 0 radical (unpaired) electrons. The van der Waals surface area contributed by atoms with Crippen LogP contribution in [0.4, 0.5) is 4.39 Å². The zero-order chi connectivity index (χ0) is 15.0. The average Bonchev–Trinajstić information content (AvgIpc) is 2.86. The summed E-state index contributed by atoms with van der Waals surface area (Å²) in [7, 11) is 0. The Balaban J connectivity index is 1.94. The molecule has 1 aliphatic rings. The Bertz CT molecular complexity index is 672. The molecule has 1 heterocycles. The van der Waals surface area contributed by atoms with Gasteiger partial charge >= 0.3 is 0 Å². The van der Waals surface area contributed by atoms with E-state index in [4.69, 9.17) is 22.1 Å². The van der Waals surface area contributed by atoms with Gasteiger partial charge in [-0.3, -0.25) is 0 Å². The van der Waals surface area contributed by atoms with Crippen LogP contribution in [-0.2, 0) is 12.8 Å². The maximum atomic E-state index is 14.0. The van der Waals surface area contributed by atoms with Gasteiger partial charge in [-0.2, -0.15) is 0 Å². The van der Waals surface area contributed by atoms with E-state index in [1.807, 2.05) is 12.1 Å². The fourth-order valence-corrected chi connectivity index (χ4v) is 3.60. The Morgan fingerprint density at radius 1 is 1.38 bits per heavy atom. The van der Waals surface area contributed by atoms with Crippen LogP contribution in [0, 0.1) is 5.82 Å². The first-order valence-electron chi connectivity index (χ1n) is 6.70. The summed E-state index contributed by atoms with van der Waals surface area (Å²) in [6.45, 7) is 0.654. The molecule has 2 N–H and O–H groups in total. The molecule has 2 nitrogen and oxygen atoms in total. The van der Waals surface area contributed by atoms with E-state index in [1.165, 1.54) is 6.07 Å². The molecule has 0 fully saturated rings. The average molecular weight is 371 g/mol. The number of rotatable bonds is 3. The molecular formula is C16H14BrClFNO. The molecular weight excluding hydrogens is 357 g/mol. The van der Waals surface area contributed by atoms with Crippen molar-refractivity contribution in [3.8, 4) is 5.75 Å². The first kappa shape index (κ1) is 14.8. The van der Waals surface area contributed by atoms with Crippen molar-refractivity contribution in [2.24, 2.45) is 5.73 Å². The first-order chi connectivity index (χ1) is 10.1. The van der Waals surface area contributed by atoms with E-state index in [-0.39, 0.29) is 5.82 Å². The van der Waals surface area contributed by atoms with Crippen LogP contribution >= 0.6 is 27.5 Å². The van der Waals surface area contributed by atoms with Crippen LogP contribution in [0.1, 0.15) is 22.7 Å². The van der Waals surface area contributed by atoms with E-state index in [2.05, 4.69) is 15.9 Å². The van der Waals surface area contributed by atoms with Crippen molar-refractivity contribution >= 4 is 27.5 Å². The lowest BCUT2D eigenvalue weighted by molar-refractivity contribution is 0.352. The van der Waals surface area contributed by atoms with Gasteiger partial charge in [-0.05, 0) is 41.8 Å². The highest BCUT2D eigenvalue weighted by molar-refractivity contribution is 9.10. The minimum atomic E-state index is -0.465. The van der Waals surface area contributed by atoms with Crippen LogP contribution in [0.25, 0.3) is 0 Å². The molecule has 1 aliphatic heterocycles. The summed E-state index contributed by atoms with van der Waals surface area (Å²) >= 11 is 9.50. The summed E-state index contributed by atoms with van der Waals surface area (Å²) in [5.74, 6) is 0.541. The molecule has 0 saturated carbocycles. The molecule has 3 rings (SSSR count). The van der Waals surface area contributed by atoms with Crippen molar-refractivity contribution < 1.29 is 9.13 Å². The van der Waals surface area contributed by atoms with Gasteiger partial charge in [0.25, 0.3) is 0 Å². The van der Waals surface area contributed by atoms with Crippen LogP contribution in [-0.4, -0.2) is 6.61 Å². The Hall–Kier alpha value is -1.10. The number of halogens is 3. The number of hydrogen-bond donors (Lipinski definition) is 1. The fourth-order valence-electron chi connectivity index (χ4n) is 2.70. The van der Waals surface area contributed by atoms with E-state index in [1.54, 1.807) is 12.1 Å². The topological polar surface area (TPSA) is 35.2 Å². The van der Waals surface area contributed by atoms with Crippen LogP contribution in [0.15, 0.2) is 34.8 Å². The SMILES string of the molecule is NC(Cc1cc(Cl)cc2c1OCC2)c1c(F)cccc1Br. The summed E-state index contributed by atoms with van der Waals surface area (Å²) in [5.41, 5.74) is 8.70. The van der Waals surface area contributed by atoms with Crippen molar-refractivity contribution in [3.05, 3.63) is 62.3 Å². The standard InChI is InChI=1S/C16H14BrClFNO/c17-12-2-1-3-13(19)15(12)14(20)8-10-7-11(18)6-9-4-5-21-16(9)10/h1-3,6-7,14H,4-5,8,20H2. The highest BCUT2D eigenvalue weighted by atomic mass is 79.9. The smallest absolute Gasteiger partial charge is 0.129 e. The Labute approximate surface area is 136 Å². The third kappa shape index (κ3) is 2.93. The van der Waals surface area contributed by atoms with E-state index >= 15 is 0 Å². The minimum absolute atomic E-state index is 0.309. The lowest BCUT2D eigenvalue weighted by Gasteiger charge is -2.17. The second-order valence-electron chi connectivity index (χ2n) is 5.10. The molecule has 5 heteroatoms. The van der Waals surface area contributed by atoms with Gasteiger partial charge in [0, 0.05) is 27.5 Å². The van der Waals surface area contributed by atoms with Crippen molar-refractivity contribution in [1.82, 2.24) is 0 Å². The molecule has 1 unspecified atom stereocenters. The van der Waals surface area contributed by atoms with Gasteiger partial charge in [-0.1, -0.05) is 33.6 Å². The second kappa shape index (κ2) is 5.95. The molecule has 110 valence electrons. The number of nitrogens with two attached hydrogens (primary N) is 1. The number of ether oxygens (including phenoxy) is 1. The number of fused-ring (bicyclic) bond motifs is 1. The summed E-state index contributed by atoms with van der Waals surface area (Å²) in [5, 5.41) is 0.661. The molecule has 2 aromatic rings. The highest BCUT2D eigenvalue weighted by Gasteiger charge is 2.22. The molecule has 21 heavy (non-hydrogen) atoms.